The summed E-state index contributed by atoms with van der Waals surface area (Å²) < 4.78 is 16.4. The van der Waals surface area contributed by atoms with Crippen LogP contribution in [0.1, 0.15) is 77.7 Å². The van der Waals surface area contributed by atoms with Crippen LogP contribution in [0.5, 0.6) is 11.5 Å². The third kappa shape index (κ3) is 7.70. The standard InChI is InChI=1S/C35H47N5O9/c1-34(2,3)30(38-28(41)14-21-9-11-46-12-10-21)33(45)40-18-35(16-24(39-49-35)22-7-8-26-27(15-22)48-19-47-26)17-25(40)32(44)37-23(29(42)31(36)43)13-20-5-4-6-20/h7-8,15-16,20-21,23,25,30,39H,4-6,9-14,17-19H2,1-3H3,(H2,36,43)(H,37,44)(H,38,41)/t23?,25-,30+,35+/m0/s1. The maximum atomic E-state index is 14.6. The molecule has 266 valence electrons. The molecule has 4 aliphatic heterocycles. The van der Waals surface area contributed by atoms with E-state index >= 15 is 0 Å². The van der Waals surface area contributed by atoms with E-state index in [0.29, 0.717) is 36.8 Å². The van der Waals surface area contributed by atoms with E-state index in [4.69, 9.17) is 24.8 Å². The monoisotopic (exact) mass is 681 g/mol. The molecule has 14 heteroatoms. The molecular formula is C35H47N5O9. The molecule has 2 saturated heterocycles. The number of primary amides is 1. The maximum absolute atomic E-state index is 14.6. The summed E-state index contributed by atoms with van der Waals surface area (Å²) in [5.41, 5.74) is 7.89. The number of hydroxylamine groups is 1. The van der Waals surface area contributed by atoms with Crippen molar-refractivity contribution in [3.63, 3.8) is 0 Å². The van der Waals surface area contributed by atoms with E-state index in [1.807, 2.05) is 39.0 Å². The van der Waals surface area contributed by atoms with Crippen LogP contribution in [0, 0.1) is 17.3 Å². The fraction of sp³-hybridized carbons (Fsp3) is 0.629. The number of benzene rings is 1. The molecule has 5 aliphatic rings. The minimum absolute atomic E-state index is 0.00948. The van der Waals surface area contributed by atoms with Gasteiger partial charge in [-0.1, -0.05) is 40.0 Å². The van der Waals surface area contributed by atoms with Gasteiger partial charge in [-0.25, -0.2) is 0 Å². The molecule has 1 aromatic carbocycles. The van der Waals surface area contributed by atoms with Gasteiger partial charge in [0.15, 0.2) is 11.5 Å². The largest absolute Gasteiger partial charge is 0.454 e. The number of carbonyl (C=O) groups is 5. The van der Waals surface area contributed by atoms with Crippen LogP contribution in [0.4, 0.5) is 0 Å². The van der Waals surface area contributed by atoms with Gasteiger partial charge in [0, 0.05) is 31.6 Å². The third-order valence-corrected chi connectivity index (χ3v) is 10.3. The number of fused-ring (bicyclic) bond motifs is 1. The van der Waals surface area contributed by atoms with E-state index in [1.165, 1.54) is 4.90 Å². The van der Waals surface area contributed by atoms with Crippen LogP contribution in [0.25, 0.3) is 5.70 Å². The van der Waals surface area contributed by atoms with Gasteiger partial charge in [-0.2, -0.15) is 0 Å². The number of carbonyl (C=O) groups excluding carboxylic acids is 5. The smallest absolute Gasteiger partial charge is 0.287 e. The number of ether oxygens (including phenoxy) is 3. The van der Waals surface area contributed by atoms with Crippen LogP contribution >= 0.6 is 0 Å². The number of nitrogens with two attached hydrogens (primary N) is 1. The molecule has 6 rings (SSSR count). The number of ketones is 1. The number of hydrogen-bond acceptors (Lipinski definition) is 10. The van der Waals surface area contributed by atoms with Gasteiger partial charge in [0.25, 0.3) is 5.91 Å². The van der Waals surface area contributed by atoms with Gasteiger partial charge in [0.1, 0.15) is 17.7 Å². The normalized spacial score (nSPS) is 24.8. The van der Waals surface area contributed by atoms with Gasteiger partial charge in [-0.05, 0) is 60.8 Å². The van der Waals surface area contributed by atoms with Gasteiger partial charge in [-0.15, -0.1) is 0 Å². The number of amides is 4. The number of likely N-dealkylation sites (tertiary alicyclic amines) is 1. The lowest BCUT2D eigenvalue weighted by Crippen LogP contribution is -2.59. The summed E-state index contributed by atoms with van der Waals surface area (Å²) in [5, 5.41) is 5.74. The van der Waals surface area contributed by atoms with Crippen molar-refractivity contribution in [1.29, 1.82) is 0 Å². The zero-order chi connectivity index (χ0) is 34.9. The topological polar surface area (TPSA) is 188 Å². The Morgan fingerprint density at radius 2 is 1.76 bits per heavy atom. The van der Waals surface area contributed by atoms with Crippen molar-refractivity contribution in [2.75, 3.05) is 26.6 Å². The van der Waals surface area contributed by atoms with Crippen molar-refractivity contribution in [2.24, 2.45) is 23.0 Å². The molecule has 1 aromatic rings. The Kier molecular flexibility index (Phi) is 9.90. The number of nitrogens with one attached hydrogen (secondary N) is 3. The summed E-state index contributed by atoms with van der Waals surface area (Å²) in [5.74, 6) is -1.73. The Morgan fingerprint density at radius 1 is 1.02 bits per heavy atom. The Balaban J connectivity index is 1.27. The van der Waals surface area contributed by atoms with Crippen molar-refractivity contribution in [3.8, 4) is 11.5 Å². The molecular weight excluding hydrogens is 634 g/mol. The number of Topliss-reactive ketones (excluding diaryl/α,β-unsaturated/α-hetero) is 1. The molecule has 4 amide bonds. The Bertz CT molecular complexity index is 1510. The Morgan fingerprint density at radius 3 is 2.43 bits per heavy atom. The molecule has 1 unspecified atom stereocenters. The van der Waals surface area contributed by atoms with Crippen LogP contribution < -0.4 is 31.3 Å². The first kappa shape index (κ1) is 34.7. The van der Waals surface area contributed by atoms with Crippen LogP contribution in [0.3, 0.4) is 0 Å². The van der Waals surface area contributed by atoms with Gasteiger partial charge in [0.2, 0.25) is 30.3 Å². The minimum Gasteiger partial charge on any atom is -0.454 e. The average molecular weight is 682 g/mol. The van der Waals surface area contributed by atoms with Crippen LogP contribution in [0.2, 0.25) is 0 Å². The zero-order valence-electron chi connectivity index (χ0n) is 28.4. The van der Waals surface area contributed by atoms with E-state index in [1.54, 1.807) is 6.07 Å². The molecule has 0 bridgehead atoms. The summed E-state index contributed by atoms with van der Waals surface area (Å²) in [6, 6.07) is 2.31. The van der Waals surface area contributed by atoms with Gasteiger partial charge >= 0.3 is 0 Å². The number of nitrogens with zero attached hydrogens (tertiary/aromatic N) is 1. The molecule has 49 heavy (non-hydrogen) atoms. The molecule has 4 heterocycles. The molecule has 4 atom stereocenters. The predicted octanol–water partition coefficient (Wildman–Crippen LogP) is 1.71. The predicted molar refractivity (Wildman–Crippen MR) is 175 cm³/mol. The summed E-state index contributed by atoms with van der Waals surface area (Å²) in [7, 11) is 0. The first-order valence-electron chi connectivity index (χ1n) is 17.2. The minimum atomic E-state index is -1.12. The van der Waals surface area contributed by atoms with Crippen LogP contribution in [-0.4, -0.2) is 84.6 Å². The van der Waals surface area contributed by atoms with Gasteiger partial charge in [-0.3, -0.25) is 34.3 Å². The lowest BCUT2D eigenvalue weighted by Gasteiger charge is -2.36. The van der Waals surface area contributed by atoms with Crippen molar-refractivity contribution in [2.45, 2.75) is 95.9 Å². The van der Waals surface area contributed by atoms with E-state index in [0.717, 1.165) is 37.7 Å². The van der Waals surface area contributed by atoms with Crippen molar-refractivity contribution < 1.29 is 43.0 Å². The average Bonchev–Trinajstić information content (AvgIpc) is 3.78. The number of rotatable bonds is 11. The van der Waals surface area contributed by atoms with Crippen molar-refractivity contribution >= 4 is 35.1 Å². The molecule has 14 nitrogen and oxygen atoms in total. The molecule has 0 aromatic heterocycles. The van der Waals surface area contributed by atoms with E-state index in [9.17, 15) is 24.0 Å². The highest BCUT2D eigenvalue weighted by molar-refractivity contribution is 6.37. The molecule has 1 spiro atoms. The van der Waals surface area contributed by atoms with Crippen LogP contribution in [0.15, 0.2) is 24.3 Å². The van der Waals surface area contributed by atoms with E-state index in [2.05, 4.69) is 16.1 Å². The van der Waals surface area contributed by atoms with Crippen molar-refractivity contribution in [3.05, 3.63) is 29.8 Å². The molecule has 1 aliphatic carbocycles. The van der Waals surface area contributed by atoms with Crippen molar-refractivity contribution in [1.82, 2.24) is 21.0 Å². The lowest BCUT2D eigenvalue weighted by molar-refractivity contribution is -0.145. The highest BCUT2D eigenvalue weighted by Gasteiger charge is 2.54. The highest BCUT2D eigenvalue weighted by Crippen LogP contribution is 2.41. The highest BCUT2D eigenvalue weighted by atomic mass is 16.7. The summed E-state index contributed by atoms with van der Waals surface area (Å²) in [6.07, 6.45) is 6.79. The maximum Gasteiger partial charge on any atom is 0.287 e. The molecule has 1 saturated carbocycles. The number of hydrogen-bond donors (Lipinski definition) is 4. The molecule has 5 N–H and O–H groups in total. The summed E-state index contributed by atoms with van der Waals surface area (Å²) in [6.45, 7) is 6.89. The van der Waals surface area contributed by atoms with E-state index in [-0.39, 0.29) is 43.9 Å². The fourth-order valence-electron chi connectivity index (χ4n) is 7.21. The van der Waals surface area contributed by atoms with Gasteiger partial charge < -0.3 is 35.5 Å². The summed E-state index contributed by atoms with van der Waals surface area (Å²) in [4.78, 5) is 74.4. The van der Waals surface area contributed by atoms with Crippen LogP contribution in [-0.2, 0) is 33.5 Å². The Labute approximate surface area is 285 Å². The first-order chi connectivity index (χ1) is 23.3. The third-order valence-electron chi connectivity index (χ3n) is 10.3. The second-order valence-corrected chi connectivity index (χ2v) is 15.0. The fourth-order valence-corrected chi connectivity index (χ4v) is 7.21. The SMILES string of the molecule is CC(C)(C)[C@H](NC(=O)CC1CCOCC1)C(=O)N1C[C@@]2(C=C(c3ccc4c(c3)OCO4)NO2)C[C@H]1C(=O)NC(CC1CCC1)C(=O)C(N)=O. The first-order valence-corrected chi connectivity index (χ1v) is 17.2. The second-order valence-electron chi connectivity index (χ2n) is 15.0. The van der Waals surface area contributed by atoms with Gasteiger partial charge in [0.05, 0.1) is 18.3 Å². The quantitative estimate of drug-likeness (QED) is 0.251. The van der Waals surface area contributed by atoms with E-state index < -0.39 is 52.6 Å². The zero-order valence-corrected chi connectivity index (χ0v) is 28.4. The molecule has 0 radical (unpaired) electrons. The molecule has 3 fully saturated rings. The second kappa shape index (κ2) is 14.0. The lowest BCUT2D eigenvalue weighted by atomic mass is 9.80. The Hall–Kier alpha value is -4.17. The summed E-state index contributed by atoms with van der Waals surface area (Å²) >= 11 is 0.